The summed E-state index contributed by atoms with van der Waals surface area (Å²) in [4.78, 5) is 22.4. The summed E-state index contributed by atoms with van der Waals surface area (Å²) in [6.07, 6.45) is 0.860. The van der Waals surface area contributed by atoms with E-state index < -0.39 is 0 Å². The van der Waals surface area contributed by atoms with Gasteiger partial charge in [0, 0.05) is 31.5 Å². The Morgan fingerprint density at radius 3 is 2.86 bits per heavy atom. The molecule has 3 rings (SSSR count). The Morgan fingerprint density at radius 2 is 2.09 bits per heavy atom. The van der Waals surface area contributed by atoms with Crippen LogP contribution in [0, 0.1) is 6.92 Å². The molecule has 0 aromatic carbocycles. The van der Waals surface area contributed by atoms with E-state index in [0.29, 0.717) is 31.4 Å². The van der Waals surface area contributed by atoms with Gasteiger partial charge >= 0.3 is 0 Å². The molecule has 22 heavy (non-hydrogen) atoms. The quantitative estimate of drug-likeness (QED) is 0.891. The average molecular weight is 301 g/mol. The number of amides is 1. The Hall–Kier alpha value is -2.51. The summed E-state index contributed by atoms with van der Waals surface area (Å²) >= 11 is 0. The number of nitrogens with one attached hydrogen (secondary N) is 1. The predicted octanol–water partition coefficient (Wildman–Crippen LogP) is 0.637. The number of likely N-dealkylation sites (N-methyl/N-ethyl adjacent to an activating group) is 1. The van der Waals surface area contributed by atoms with Crippen LogP contribution in [0.4, 0.5) is 5.95 Å². The van der Waals surface area contributed by atoms with E-state index in [9.17, 15) is 4.79 Å². The highest BCUT2D eigenvalue weighted by Crippen LogP contribution is 2.12. The van der Waals surface area contributed by atoms with Crippen molar-refractivity contribution in [3.05, 3.63) is 29.1 Å². The third-order valence-corrected chi connectivity index (χ3v) is 3.70. The van der Waals surface area contributed by atoms with Gasteiger partial charge in [0.05, 0.1) is 6.54 Å². The molecule has 1 aliphatic heterocycles. The lowest BCUT2D eigenvalue weighted by atomic mass is 10.3. The van der Waals surface area contributed by atoms with E-state index in [1.54, 1.807) is 11.9 Å². The summed E-state index contributed by atoms with van der Waals surface area (Å²) in [5.74, 6) is 1.60. The summed E-state index contributed by atoms with van der Waals surface area (Å²) in [5, 5.41) is 11.3. The molecule has 0 spiro atoms. The largest absolute Gasteiger partial charge is 0.347 e. The van der Waals surface area contributed by atoms with E-state index in [2.05, 4.69) is 32.4 Å². The predicted molar refractivity (Wildman–Crippen MR) is 80.5 cm³/mol. The number of nitrogens with zero attached hydrogens (tertiary/aromatic N) is 6. The van der Waals surface area contributed by atoms with Gasteiger partial charge in [-0.15, -0.1) is 10.2 Å². The molecule has 0 bridgehead atoms. The van der Waals surface area contributed by atoms with Crippen molar-refractivity contribution < 1.29 is 4.79 Å². The number of aryl methyl sites for hydroxylation is 2. The van der Waals surface area contributed by atoms with Crippen molar-refractivity contribution in [2.24, 2.45) is 0 Å². The zero-order valence-corrected chi connectivity index (χ0v) is 13.0. The van der Waals surface area contributed by atoms with E-state index >= 15 is 0 Å². The highest BCUT2D eigenvalue weighted by Gasteiger charge is 2.26. The Balaban J connectivity index is 1.77. The molecule has 0 fully saturated rings. The highest BCUT2D eigenvalue weighted by atomic mass is 16.2. The molecule has 3 heterocycles. The SMILES string of the molecule is CCc1cc(C)nc(NCc2nnc3n2CCN(C)C3=O)n1. The van der Waals surface area contributed by atoms with Crippen LogP contribution in [0.2, 0.25) is 0 Å². The lowest BCUT2D eigenvalue weighted by Gasteiger charge is -2.23. The molecular formula is C14H19N7O. The Labute approximate surface area is 128 Å². The smallest absolute Gasteiger partial charge is 0.291 e. The number of anilines is 1. The number of hydrogen-bond donors (Lipinski definition) is 1. The average Bonchev–Trinajstić information content (AvgIpc) is 2.92. The fourth-order valence-electron chi connectivity index (χ4n) is 2.43. The maximum atomic E-state index is 12.0. The molecule has 116 valence electrons. The molecular weight excluding hydrogens is 282 g/mol. The lowest BCUT2D eigenvalue weighted by Crippen LogP contribution is -2.38. The van der Waals surface area contributed by atoms with Crippen LogP contribution < -0.4 is 5.32 Å². The van der Waals surface area contributed by atoms with Crippen molar-refractivity contribution in [1.82, 2.24) is 29.6 Å². The highest BCUT2D eigenvalue weighted by molar-refractivity contribution is 5.91. The third-order valence-electron chi connectivity index (χ3n) is 3.70. The summed E-state index contributed by atoms with van der Waals surface area (Å²) in [5.41, 5.74) is 1.92. The first-order chi connectivity index (χ1) is 10.6. The molecule has 0 saturated heterocycles. The van der Waals surface area contributed by atoms with Crippen LogP contribution in [-0.4, -0.2) is 49.1 Å². The molecule has 0 atom stereocenters. The Bertz CT molecular complexity index is 709. The van der Waals surface area contributed by atoms with Crippen molar-refractivity contribution in [1.29, 1.82) is 0 Å². The van der Waals surface area contributed by atoms with E-state index in [1.807, 2.05) is 17.6 Å². The normalized spacial score (nSPS) is 14.1. The number of fused-ring (bicyclic) bond motifs is 1. The van der Waals surface area contributed by atoms with Crippen molar-refractivity contribution in [2.75, 3.05) is 18.9 Å². The number of aromatic nitrogens is 5. The molecule has 1 amide bonds. The van der Waals surface area contributed by atoms with E-state index in [4.69, 9.17) is 0 Å². The fourth-order valence-corrected chi connectivity index (χ4v) is 2.43. The number of carbonyl (C=O) groups is 1. The van der Waals surface area contributed by atoms with Gasteiger partial charge in [0.15, 0.2) is 5.82 Å². The molecule has 8 nitrogen and oxygen atoms in total. The van der Waals surface area contributed by atoms with Gasteiger partial charge in [0.25, 0.3) is 5.91 Å². The van der Waals surface area contributed by atoms with Gasteiger partial charge in [0.2, 0.25) is 11.8 Å². The minimum atomic E-state index is -0.0925. The Kier molecular flexibility index (Phi) is 3.74. The molecule has 1 aliphatic rings. The van der Waals surface area contributed by atoms with Crippen LogP contribution in [-0.2, 0) is 19.5 Å². The van der Waals surface area contributed by atoms with Crippen molar-refractivity contribution in [3.63, 3.8) is 0 Å². The van der Waals surface area contributed by atoms with Gasteiger partial charge in [-0.2, -0.15) is 0 Å². The van der Waals surface area contributed by atoms with Crippen LogP contribution in [0.15, 0.2) is 6.07 Å². The third kappa shape index (κ3) is 2.63. The van der Waals surface area contributed by atoms with Crippen molar-refractivity contribution in [2.45, 2.75) is 33.4 Å². The second-order valence-corrected chi connectivity index (χ2v) is 5.35. The van der Waals surface area contributed by atoms with Crippen LogP contribution in [0.3, 0.4) is 0 Å². The maximum absolute atomic E-state index is 12.0. The molecule has 2 aromatic rings. The zero-order chi connectivity index (χ0) is 15.7. The van der Waals surface area contributed by atoms with Gasteiger partial charge in [-0.05, 0) is 19.4 Å². The second kappa shape index (κ2) is 5.70. The van der Waals surface area contributed by atoms with E-state index in [-0.39, 0.29) is 5.91 Å². The monoisotopic (exact) mass is 301 g/mol. The molecule has 0 radical (unpaired) electrons. The molecule has 0 aliphatic carbocycles. The molecule has 0 unspecified atom stereocenters. The van der Waals surface area contributed by atoms with Crippen LogP contribution >= 0.6 is 0 Å². The van der Waals surface area contributed by atoms with Gasteiger partial charge in [0.1, 0.15) is 0 Å². The standard InChI is InChI=1S/C14H19N7O/c1-4-10-7-9(2)16-14(17-10)15-8-11-18-19-12-13(22)20(3)5-6-21(11)12/h7H,4-6,8H2,1-3H3,(H,15,16,17). The molecule has 8 heteroatoms. The maximum Gasteiger partial charge on any atom is 0.291 e. The van der Waals surface area contributed by atoms with Gasteiger partial charge in [-0.3, -0.25) is 4.79 Å². The molecule has 1 N–H and O–H groups in total. The van der Waals surface area contributed by atoms with Crippen molar-refractivity contribution >= 4 is 11.9 Å². The summed E-state index contributed by atoms with van der Waals surface area (Å²) < 4.78 is 1.85. The first kappa shape index (κ1) is 14.4. The number of hydrogen-bond acceptors (Lipinski definition) is 6. The van der Waals surface area contributed by atoms with E-state index in [1.165, 1.54) is 0 Å². The number of rotatable bonds is 4. The van der Waals surface area contributed by atoms with Crippen LogP contribution in [0.5, 0.6) is 0 Å². The van der Waals surface area contributed by atoms with Crippen LogP contribution in [0.1, 0.15) is 34.8 Å². The Morgan fingerprint density at radius 1 is 1.27 bits per heavy atom. The second-order valence-electron chi connectivity index (χ2n) is 5.35. The van der Waals surface area contributed by atoms with Gasteiger partial charge in [-0.25, -0.2) is 9.97 Å². The topological polar surface area (TPSA) is 88.8 Å². The minimum Gasteiger partial charge on any atom is -0.347 e. The zero-order valence-electron chi connectivity index (χ0n) is 13.0. The summed E-state index contributed by atoms with van der Waals surface area (Å²) in [6.45, 7) is 5.81. The minimum absolute atomic E-state index is 0.0925. The molecule has 2 aromatic heterocycles. The summed E-state index contributed by atoms with van der Waals surface area (Å²) in [7, 11) is 1.77. The number of carbonyl (C=O) groups excluding carboxylic acids is 1. The van der Waals surface area contributed by atoms with E-state index in [0.717, 1.165) is 23.6 Å². The first-order valence-electron chi connectivity index (χ1n) is 7.34. The van der Waals surface area contributed by atoms with Gasteiger partial charge < -0.3 is 14.8 Å². The van der Waals surface area contributed by atoms with Crippen molar-refractivity contribution in [3.8, 4) is 0 Å². The molecule has 0 saturated carbocycles. The van der Waals surface area contributed by atoms with Crippen LogP contribution in [0.25, 0.3) is 0 Å². The fraction of sp³-hybridized carbons (Fsp3) is 0.500. The van der Waals surface area contributed by atoms with Gasteiger partial charge in [-0.1, -0.05) is 6.92 Å². The first-order valence-corrected chi connectivity index (χ1v) is 7.34. The lowest BCUT2D eigenvalue weighted by molar-refractivity contribution is 0.0740. The summed E-state index contributed by atoms with van der Waals surface area (Å²) in [6, 6.07) is 1.97.